The Hall–Kier alpha value is -2.23. The average Bonchev–Trinajstić information content (AvgIpc) is 2.67. The van der Waals surface area contributed by atoms with E-state index in [0.717, 1.165) is 11.1 Å². The van der Waals surface area contributed by atoms with Gasteiger partial charge < -0.3 is 9.47 Å². The molecule has 0 heterocycles. The largest absolute Gasteiger partial charge is 0.370 e. The molecule has 25 heavy (non-hydrogen) atoms. The Morgan fingerprint density at radius 2 is 1.32 bits per heavy atom. The van der Waals surface area contributed by atoms with Crippen molar-refractivity contribution in [3.63, 3.8) is 0 Å². The van der Waals surface area contributed by atoms with Gasteiger partial charge in [-0.1, -0.05) is 72.8 Å². The van der Waals surface area contributed by atoms with E-state index in [9.17, 15) is 4.79 Å². The molecule has 3 aliphatic carbocycles. The molecule has 128 valence electrons. The van der Waals surface area contributed by atoms with Gasteiger partial charge in [-0.25, -0.2) is 0 Å². The molecular formula is C22H22O3. The molecule has 1 fully saturated rings. The molecule has 3 heteroatoms. The van der Waals surface area contributed by atoms with E-state index in [4.69, 9.17) is 9.47 Å². The van der Waals surface area contributed by atoms with Crippen LogP contribution in [0.15, 0.2) is 72.8 Å². The van der Waals surface area contributed by atoms with Crippen LogP contribution >= 0.6 is 0 Å². The van der Waals surface area contributed by atoms with Gasteiger partial charge in [0.25, 0.3) is 0 Å². The Balaban J connectivity index is 1.47. The van der Waals surface area contributed by atoms with E-state index >= 15 is 0 Å². The number of carbonyl (C=O) groups excluding carboxylic acids is 1. The number of Topliss-reactive ketones (excluding diaryl/α,β-unsaturated/α-hetero) is 1. The van der Waals surface area contributed by atoms with Crippen LogP contribution in [0.1, 0.15) is 17.5 Å². The van der Waals surface area contributed by atoms with Crippen LogP contribution < -0.4 is 0 Å². The molecule has 0 spiro atoms. The molecule has 0 N–H and O–H groups in total. The first kappa shape index (κ1) is 16.2. The fraction of sp³-hybridized carbons (Fsp3) is 0.318. The predicted octanol–water partition coefficient (Wildman–Crippen LogP) is 3.93. The predicted molar refractivity (Wildman–Crippen MR) is 95.8 cm³/mol. The number of benzene rings is 2. The third kappa shape index (κ3) is 3.58. The van der Waals surface area contributed by atoms with Crippen LogP contribution in [0.5, 0.6) is 0 Å². The Bertz CT molecular complexity index is 738. The van der Waals surface area contributed by atoms with Crippen LogP contribution in [0.3, 0.4) is 0 Å². The molecule has 0 unspecified atom stereocenters. The monoisotopic (exact) mass is 334 g/mol. The van der Waals surface area contributed by atoms with E-state index in [1.54, 1.807) is 0 Å². The molecule has 0 aromatic heterocycles. The van der Waals surface area contributed by atoms with E-state index in [0.29, 0.717) is 19.6 Å². The lowest BCUT2D eigenvalue weighted by atomic mass is 9.71. The first-order valence-electron chi connectivity index (χ1n) is 8.83. The summed E-state index contributed by atoms with van der Waals surface area (Å²) < 4.78 is 12.4. The molecule has 0 aliphatic heterocycles. The number of hydrogen-bond acceptors (Lipinski definition) is 3. The topological polar surface area (TPSA) is 35.5 Å². The lowest BCUT2D eigenvalue weighted by Gasteiger charge is -2.43. The molecule has 3 nitrogen and oxygen atoms in total. The second-order valence-corrected chi connectivity index (χ2v) is 6.77. The zero-order valence-electron chi connectivity index (χ0n) is 14.1. The highest BCUT2D eigenvalue weighted by Gasteiger charge is 2.46. The third-order valence-corrected chi connectivity index (χ3v) is 5.04. The summed E-state index contributed by atoms with van der Waals surface area (Å²) in [5.74, 6) is 0.196. The fourth-order valence-electron chi connectivity index (χ4n) is 3.72. The highest BCUT2D eigenvalue weighted by Crippen LogP contribution is 2.38. The summed E-state index contributed by atoms with van der Waals surface area (Å²) in [5, 5.41) is 0. The molecule has 0 saturated heterocycles. The first-order valence-corrected chi connectivity index (χ1v) is 8.83. The van der Waals surface area contributed by atoms with Crippen LogP contribution in [0.4, 0.5) is 0 Å². The van der Waals surface area contributed by atoms with Gasteiger partial charge in [0.15, 0.2) is 0 Å². The van der Waals surface area contributed by atoms with E-state index < -0.39 is 0 Å². The summed E-state index contributed by atoms with van der Waals surface area (Å²) in [6, 6.07) is 20.2. The van der Waals surface area contributed by atoms with Gasteiger partial charge in [0.2, 0.25) is 0 Å². The van der Waals surface area contributed by atoms with Crippen LogP contribution in [-0.2, 0) is 27.5 Å². The molecule has 2 bridgehead atoms. The SMILES string of the molecule is O=C1C[C@H]2C=C[C@@H]1[C@H](OCc1ccccc1)[C@H]2OCc1ccccc1. The minimum atomic E-state index is -0.208. The number of fused-ring (bicyclic) bond motifs is 2. The Morgan fingerprint density at radius 3 is 1.88 bits per heavy atom. The Kier molecular flexibility index (Phi) is 4.77. The molecule has 2 aromatic rings. The van der Waals surface area contributed by atoms with Gasteiger partial charge in [0, 0.05) is 12.3 Å². The van der Waals surface area contributed by atoms with Crippen molar-refractivity contribution in [3.05, 3.63) is 83.9 Å². The van der Waals surface area contributed by atoms with Gasteiger partial charge in [-0.2, -0.15) is 0 Å². The summed E-state index contributed by atoms with van der Waals surface area (Å²) >= 11 is 0. The normalized spacial score (nSPS) is 27.6. The van der Waals surface area contributed by atoms with Gasteiger partial charge in [-0.05, 0) is 11.1 Å². The Labute approximate surface area is 148 Å². The summed E-state index contributed by atoms with van der Waals surface area (Å²) in [5.41, 5.74) is 2.25. The number of ketones is 1. The van der Waals surface area contributed by atoms with Gasteiger partial charge in [-0.3, -0.25) is 4.79 Å². The van der Waals surface area contributed by atoms with E-state index in [-0.39, 0.29) is 29.8 Å². The standard InChI is InChI=1S/C22H22O3/c23-20-13-18-11-12-19(20)22(25-15-17-9-5-2-6-10-17)21(18)24-14-16-7-3-1-4-8-16/h1-12,18-19,21-22H,13-15H2/t18-,19+,21+,22+/m1/s1. The molecule has 3 aliphatic rings. The van der Waals surface area contributed by atoms with E-state index in [1.807, 2.05) is 54.6 Å². The van der Waals surface area contributed by atoms with Gasteiger partial charge in [0.05, 0.1) is 31.3 Å². The number of carbonyl (C=O) groups is 1. The molecule has 1 saturated carbocycles. The molecule has 5 rings (SSSR count). The van der Waals surface area contributed by atoms with Gasteiger partial charge in [0.1, 0.15) is 5.78 Å². The van der Waals surface area contributed by atoms with Crippen molar-refractivity contribution in [3.8, 4) is 0 Å². The van der Waals surface area contributed by atoms with E-state index in [1.165, 1.54) is 0 Å². The van der Waals surface area contributed by atoms with Gasteiger partial charge >= 0.3 is 0 Å². The smallest absolute Gasteiger partial charge is 0.143 e. The quantitative estimate of drug-likeness (QED) is 0.751. The molecular weight excluding hydrogens is 312 g/mol. The van der Waals surface area contributed by atoms with Crippen molar-refractivity contribution in [1.82, 2.24) is 0 Å². The van der Waals surface area contributed by atoms with Crippen molar-refractivity contribution < 1.29 is 14.3 Å². The highest BCUT2D eigenvalue weighted by atomic mass is 16.5. The van der Waals surface area contributed by atoms with Crippen LogP contribution in [0.2, 0.25) is 0 Å². The fourth-order valence-corrected chi connectivity index (χ4v) is 3.72. The van der Waals surface area contributed by atoms with Crippen LogP contribution in [-0.4, -0.2) is 18.0 Å². The van der Waals surface area contributed by atoms with Crippen molar-refractivity contribution >= 4 is 5.78 Å². The summed E-state index contributed by atoms with van der Waals surface area (Å²) in [6.07, 6.45) is 4.42. The van der Waals surface area contributed by atoms with Crippen molar-refractivity contribution in [1.29, 1.82) is 0 Å². The second-order valence-electron chi connectivity index (χ2n) is 6.77. The Morgan fingerprint density at radius 1 is 0.760 bits per heavy atom. The number of ether oxygens (including phenoxy) is 2. The summed E-state index contributed by atoms with van der Waals surface area (Å²) in [6.45, 7) is 1.04. The maximum Gasteiger partial charge on any atom is 0.143 e. The zero-order chi connectivity index (χ0) is 17.1. The van der Waals surface area contributed by atoms with Crippen LogP contribution in [0.25, 0.3) is 0 Å². The highest BCUT2D eigenvalue weighted by molar-refractivity contribution is 5.86. The summed E-state index contributed by atoms with van der Waals surface area (Å²) in [7, 11) is 0. The third-order valence-electron chi connectivity index (χ3n) is 5.04. The zero-order valence-corrected chi connectivity index (χ0v) is 14.1. The van der Waals surface area contributed by atoms with E-state index in [2.05, 4.69) is 18.2 Å². The average molecular weight is 334 g/mol. The lowest BCUT2D eigenvalue weighted by Crippen LogP contribution is -2.52. The second kappa shape index (κ2) is 7.34. The van der Waals surface area contributed by atoms with Crippen LogP contribution in [0, 0.1) is 11.8 Å². The lowest BCUT2D eigenvalue weighted by molar-refractivity contribution is -0.159. The van der Waals surface area contributed by atoms with Crippen molar-refractivity contribution in [2.75, 3.05) is 0 Å². The number of hydrogen-bond donors (Lipinski definition) is 0. The minimum Gasteiger partial charge on any atom is -0.370 e. The summed E-state index contributed by atoms with van der Waals surface area (Å²) in [4.78, 5) is 12.3. The molecule has 2 aromatic carbocycles. The molecule has 0 amide bonds. The maximum absolute atomic E-state index is 12.3. The molecule has 4 atom stereocenters. The van der Waals surface area contributed by atoms with Gasteiger partial charge in [-0.15, -0.1) is 0 Å². The van der Waals surface area contributed by atoms with Crippen molar-refractivity contribution in [2.45, 2.75) is 31.8 Å². The first-order chi connectivity index (χ1) is 12.3. The molecule has 0 radical (unpaired) electrons. The number of rotatable bonds is 6. The minimum absolute atomic E-state index is 0.0726. The van der Waals surface area contributed by atoms with Crippen molar-refractivity contribution in [2.24, 2.45) is 11.8 Å². The maximum atomic E-state index is 12.3.